The molecule has 0 fully saturated rings. The minimum Gasteiger partial charge on any atom is -0.296 e. The van der Waals surface area contributed by atoms with E-state index in [1.165, 1.54) is 11.1 Å². The summed E-state index contributed by atoms with van der Waals surface area (Å²) in [5, 5.41) is 4.12. The first kappa shape index (κ1) is 10.6. The predicted octanol–water partition coefficient (Wildman–Crippen LogP) is 2.52. The second-order valence-electron chi connectivity index (χ2n) is 4.01. The van der Waals surface area contributed by atoms with Gasteiger partial charge in [-0.25, -0.2) is 0 Å². The molecular weight excluding hydrogens is 200 g/mol. The Balaban J connectivity index is 2.57. The molecule has 1 aromatic heterocycles. The van der Waals surface area contributed by atoms with Gasteiger partial charge < -0.3 is 0 Å². The summed E-state index contributed by atoms with van der Waals surface area (Å²) in [6.45, 7) is 4.13. The molecule has 0 unspecified atom stereocenters. The molecule has 0 saturated carbocycles. The Hall–Kier alpha value is -1.90. The Morgan fingerprint density at radius 2 is 2.00 bits per heavy atom. The third-order valence-electron chi connectivity index (χ3n) is 2.68. The molecule has 0 N–H and O–H groups in total. The molecule has 2 rings (SSSR count). The van der Waals surface area contributed by atoms with Crippen molar-refractivity contribution >= 4 is 6.29 Å². The first-order chi connectivity index (χ1) is 7.61. The van der Waals surface area contributed by atoms with Crippen LogP contribution in [0.4, 0.5) is 0 Å². The van der Waals surface area contributed by atoms with Gasteiger partial charge in [-0.1, -0.05) is 23.8 Å². The van der Waals surface area contributed by atoms with Crippen molar-refractivity contribution in [3.8, 4) is 11.3 Å². The average molecular weight is 214 g/mol. The molecule has 16 heavy (non-hydrogen) atoms. The zero-order valence-electron chi connectivity index (χ0n) is 9.69. The maximum absolute atomic E-state index is 10.7. The summed E-state index contributed by atoms with van der Waals surface area (Å²) in [7, 11) is 1.85. The Bertz CT molecular complexity index is 541. The van der Waals surface area contributed by atoms with Gasteiger partial charge in [-0.05, 0) is 25.5 Å². The molecule has 0 atom stereocenters. The fourth-order valence-corrected chi connectivity index (χ4v) is 1.90. The molecule has 3 nitrogen and oxygen atoms in total. The van der Waals surface area contributed by atoms with Crippen molar-refractivity contribution in [2.45, 2.75) is 13.8 Å². The lowest BCUT2D eigenvalue weighted by atomic mass is 10.0. The smallest absolute Gasteiger partial charge is 0.170 e. The molecule has 0 spiro atoms. The standard InChI is InChI=1S/C13H14N2O/c1-9-4-5-12(10(2)6-9)13-7-11(8-16)14-15(13)3/h4-8H,1-3H3. The summed E-state index contributed by atoms with van der Waals surface area (Å²) in [4.78, 5) is 10.7. The zero-order valence-corrected chi connectivity index (χ0v) is 9.69. The molecule has 0 aliphatic carbocycles. The summed E-state index contributed by atoms with van der Waals surface area (Å²) in [5.74, 6) is 0. The summed E-state index contributed by atoms with van der Waals surface area (Å²) >= 11 is 0. The third-order valence-corrected chi connectivity index (χ3v) is 2.68. The lowest BCUT2D eigenvalue weighted by molar-refractivity contribution is 0.111. The quantitative estimate of drug-likeness (QED) is 0.720. The number of nitrogens with zero attached hydrogens (tertiary/aromatic N) is 2. The van der Waals surface area contributed by atoms with Crippen LogP contribution >= 0.6 is 0 Å². The predicted molar refractivity (Wildman–Crippen MR) is 63.5 cm³/mol. The van der Waals surface area contributed by atoms with Crippen LogP contribution in [0, 0.1) is 13.8 Å². The van der Waals surface area contributed by atoms with E-state index >= 15 is 0 Å². The molecule has 3 heteroatoms. The average Bonchev–Trinajstić information content (AvgIpc) is 2.60. The van der Waals surface area contributed by atoms with Crippen molar-refractivity contribution in [3.05, 3.63) is 41.1 Å². The fourth-order valence-electron chi connectivity index (χ4n) is 1.90. The third kappa shape index (κ3) is 1.76. The fraction of sp³-hybridized carbons (Fsp3) is 0.231. The number of hydrogen-bond acceptors (Lipinski definition) is 2. The summed E-state index contributed by atoms with van der Waals surface area (Å²) in [5.41, 5.74) is 4.99. The molecule has 1 heterocycles. The molecule has 0 bridgehead atoms. The molecule has 0 saturated heterocycles. The van der Waals surface area contributed by atoms with E-state index in [0.29, 0.717) is 5.69 Å². The van der Waals surface area contributed by atoms with Crippen LogP contribution in [-0.4, -0.2) is 16.1 Å². The Kier molecular flexibility index (Phi) is 2.60. The van der Waals surface area contributed by atoms with E-state index in [1.54, 1.807) is 4.68 Å². The Labute approximate surface area is 94.7 Å². The van der Waals surface area contributed by atoms with Crippen LogP contribution in [0.2, 0.25) is 0 Å². The van der Waals surface area contributed by atoms with Crippen LogP contribution in [0.1, 0.15) is 21.6 Å². The maximum Gasteiger partial charge on any atom is 0.170 e. The largest absolute Gasteiger partial charge is 0.296 e. The van der Waals surface area contributed by atoms with Crippen LogP contribution in [0.25, 0.3) is 11.3 Å². The highest BCUT2D eigenvalue weighted by molar-refractivity contribution is 5.76. The number of carbonyl (C=O) groups excluding carboxylic acids is 1. The molecule has 82 valence electrons. The number of rotatable bonds is 2. The van der Waals surface area contributed by atoms with Gasteiger partial charge in [-0.2, -0.15) is 5.10 Å². The lowest BCUT2D eigenvalue weighted by Crippen LogP contribution is -1.95. The van der Waals surface area contributed by atoms with Crippen LogP contribution in [-0.2, 0) is 7.05 Å². The highest BCUT2D eigenvalue weighted by atomic mass is 16.1. The second-order valence-corrected chi connectivity index (χ2v) is 4.01. The van der Waals surface area contributed by atoms with Crippen molar-refractivity contribution in [2.75, 3.05) is 0 Å². The summed E-state index contributed by atoms with van der Waals surface area (Å²) < 4.78 is 1.74. The van der Waals surface area contributed by atoms with Crippen molar-refractivity contribution in [3.63, 3.8) is 0 Å². The maximum atomic E-state index is 10.7. The zero-order chi connectivity index (χ0) is 11.7. The van der Waals surface area contributed by atoms with Crippen LogP contribution in [0.3, 0.4) is 0 Å². The number of aryl methyl sites for hydroxylation is 3. The van der Waals surface area contributed by atoms with Crippen molar-refractivity contribution < 1.29 is 4.79 Å². The van der Waals surface area contributed by atoms with Gasteiger partial charge in [-0.15, -0.1) is 0 Å². The second kappa shape index (κ2) is 3.93. The SMILES string of the molecule is Cc1ccc(-c2cc(C=O)nn2C)c(C)c1. The van der Waals surface area contributed by atoms with E-state index < -0.39 is 0 Å². The highest BCUT2D eigenvalue weighted by Gasteiger charge is 2.08. The molecule has 0 amide bonds. The van der Waals surface area contributed by atoms with Crippen molar-refractivity contribution in [1.29, 1.82) is 0 Å². The van der Waals surface area contributed by atoms with E-state index in [0.717, 1.165) is 17.5 Å². The number of hydrogen-bond donors (Lipinski definition) is 0. The van der Waals surface area contributed by atoms with E-state index in [1.807, 2.05) is 13.1 Å². The van der Waals surface area contributed by atoms with E-state index in [2.05, 4.69) is 37.1 Å². The van der Waals surface area contributed by atoms with Crippen LogP contribution in [0.15, 0.2) is 24.3 Å². The monoisotopic (exact) mass is 214 g/mol. The van der Waals surface area contributed by atoms with Gasteiger partial charge in [0.2, 0.25) is 0 Å². The molecule has 0 radical (unpaired) electrons. The van der Waals surface area contributed by atoms with Crippen molar-refractivity contribution in [1.82, 2.24) is 9.78 Å². The van der Waals surface area contributed by atoms with Gasteiger partial charge in [-0.3, -0.25) is 9.48 Å². The number of aromatic nitrogens is 2. The number of carbonyl (C=O) groups is 1. The first-order valence-corrected chi connectivity index (χ1v) is 5.18. The van der Waals surface area contributed by atoms with Crippen LogP contribution in [0.5, 0.6) is 0 Å². The van der Waals surface area contributed by atoms with E-state index in [-0.39, 0.29) is 0 Å². The molecule has 0 aliphatic heterocycles. The minimum atomic E-state index is 0.470. The summed E-state index contributed by atoms with van der Waals surface area (Å²) in [6.07, 6.45) is 0.771. The van der Waals surface area contributed by atoms with E-state index in [9.17, 15) is 4.79 Å². The molecule has 0 aliphatic rings. The topological polar surface area (TPSA) is 34.9 Å². The van der Waals surface area contributed by atoms with Gasteiger partial charge in [0.1, 0.15) is 5.69 Å². The van der Waals surface area contributed by atoms with Gasteiger partial charge in [0.25, 0.3) is 0 Å². The van der Waals surface area contributed by atoms with Gasteiger partial charge in [0.15, 0.2) is 6.29 Å². The van der Waals surface area contributed by atoms with Gasteiger partial charge in [0, 0.05) is 12.6 Å². The first-order valence-electron chi connectivity index (χ1n) is 5.18. The van der Waals surface area contributed by atoms with Crippen LogP contribution < -0.4 is 0 Å². The number of benzene rings is 1. The van der Waals surface area contributed by atoms with Gasteiger partial charge >= 0.3 is 0 Å². The normalized spacial score (nSPS) is 10.4. The van der Waals surface area contributed by atoms with Crippen molar-refractivity contribution in [2.24, 2.45) is 7.05 Å². The van der Waals surface area contributed by atoms with Gasteiger partial charge in [0.05, 0.1) is 5.69 Å². The summed E-state index contributed by atoms with van der Waals surface area (Å²) in [6, 6.07) is 8.07. The lowest BCUT2D eigenvalue weighted by Gasteiger charge is -2.06. The molecule has 1 aromatic carbocycles. The Morgan fingerprint density at radius 3 is 2.56 bits per heavy atom. The number of aldehydes is 1. The minimum absolute atomic E-state index is 0.470. The Morgan fingerprint density at radius 1 is 1.25 bits per heavy atom. The van der Waals surface area contributed by atoms with E-state index in [4.69, 9.17) is 0 Å². The molecular formula is C13H14N2O. The highest BCUT2D eigenvalue weighted by Crippen LogP contribution is 2.24. The molecule has 2 aromatic rings.